The van der Waals surface area contributed by atoms with Crippen molar-refractivity contribution in [1.82, 2.24) is 15.5 Å². The summed E-state index contributed by atoms with van der Waals surface area (Å²) in [6, 6.07) is 0.677. The van der Waals surface area contributed by atoms with Crippen molar-refractivity contribution in [3.8, 4) is 0 Å². The van der Waals surface area contributed by atoms with Gasteiger partial charge in [0.05, 0.1) is 0 Å². The van der Waals surface area contributed by atoms with Gasteiger partial charge >= 0.3 is 0 Å². The molecule has 2 saturated heterocycles. The molecule has 0 aromatic rings. The highest BCUT2D eigenvalue weighted by Gasteiger charge is 2.16. The van der Waals surface area contributed by atoms with Crippen molar-refractivity contribution in [2.45, 2.75) is 25.3 Å². The van der Waals surface area contributed by atoms with Crippen molar-refractivity contribution < 1.29 is 4.74 Å². The largest absolute Gasteiger partial charge is 0.381 e. The zero-order valence-corrected chi connectivity index (χ0v) is 11.1. The molecule has 100 valence electrons. The van der Waals surface area contributed by atoms with Crippen LogP contribution in [0.25, 0.3) is 0 Å². The maximum atomic E-state index is 5.37. The van der Waals surface area contributed by atoms with Crippen molar-refractivity contribution in [2.75, 3.05) is 53.0 Å². The normalized spacial score (nSPS) is 28.4. The van der Waals surface area contributed by atoms with Crippen molar-refractivity contribution >= 4 is 0 Å². The smallest absolute Gasteiger partial charge is 0.0469 e. The van der Waals surface area contributed by atoms with Crippen molar-refractivity contribution in [3.63, 3.8) is 0 Å². The minimum Gasteiger partial charge on any atom is -0.381 e. The maximum absolute atomic E-state index is 5.37. The molecule has 0 amide bonds. The molecule has 0 spiro atoms. The number of hydrogen-bond donors (Lipinski definition) is 2. The molecule has 2 rings (SSSR count). The summed E-state index contributed by atoms with van der Waals surface area (Å²) in [6.45, 7) is 7.75. The molecule has 4 heteroatoms. The van der Waals surface area contributed by atoms with Gasteiger partial charge in [0.1, 0.15) is 0 Å². The predicted molar refractivity (Wildman–Crippen MR) is 70.3 cm³/mol. The Labute approximate surface area is 105 Å². The Bertz CT molecular complexity index is 207. The first-order chi connectivity index (χ1) is 8.34. The molecule has 0 aliphatic carbocycles. The van der Waals surface area contributed by atoms with Crippen LogP contribution in [0.1, 0.15) is 19.3 Å². The Morgan fingerprint density at radius 3 is 2.94 bits per heavy atom. The van der Waals surface area contributed by atoms with Crippen LogP contribution in [0.15, 0.2) is 0 Å². The second-order valence-corrected chi connectivity index (χ2v) is 5.46. The van der Waals surface area contributed by atoms with Gasteiger partial charge in [-0.2, -0.15) is 0 Å². The van der Waals surface area contributed by atoms with Crippen LogP contribution in [0, 0.1) is 5.92 Å². The molecule has 1 atom stereocenters. The quantitative estimate of drug-likeness (QED) is 0.679. The summed E-state index contributed by atoms with van der Waals surface area (Å²) in [7, 11) is 2.21. The standard InChI is InChI=1S/C13H27N3O/c1-16-7-6-15-13(11-16)2-5-14-10-12-3-8-17-9-4-12/h12-15H,2-11H2,1H3. The monoisotopic (exact) mass is 241 g/mol. The fourth-order valence-corrected chi connectivity index (χ4v) is 2.72. The van der Waals surface area contributed by atoms with Crippen LogP contribution < -0.4 is 10.6 Å². The van der Waals surface area contributed by atoms with E-state index in [0.717, 1.165) is 32.2 Å². The highest BCUT2D eigenvalue weighted by atomic mass is 16.5. The highest BCUT2D eigenvalue weighted by molar-refractivity contribution is 4.77. The first-order valence-electron chi connectivity index (χ1n) is 7.05. The fraction of sp³-hybridized carbons (Fsp3) is 1.00. The number of likely N-dealkylation sites (N-methyl/N-ethyl adjacent to an activating group) is 1. The van der Waals surface area contributed by atoms with Gasteiger partial charge in [-0.3, -0.25) is 0 Å². The zero-order chi connectivity index (χ0) is 11.9. The van der Waals surface area contributed by atoms with Gasteiger partial charge in [-0.1, -0.05) is 0 Å². The van der Waals surface area contributed by atoms with E-state index in [-0.39, 0.29) is 0 Å². The topological polar surface area (TPSA) is 36.5 Å². The summed E-state index contributed by atoms with van der Waals surface area (Å²) in [5.41, 5.74) is 0. The summed E-state index contributed by atoms with van der Waals surface area (Å²) in [6.07, 6.45) is 3.71. The minimum atomic E-state index is 0.677. The second-order valence-electron chi connectivity index (χ2n) is 5.46. The number of rotatable bonds is 5. The lowest BCUT2D eigenvalue weighted by Crippen LogP contribution is -2.50. The number of ether oxygens (including phenoxy) is 1. The van der Waals surface area contributed by atoms with Gasteiger partial charge in [0.2, 0.25) is 0 Å². The van der Waals surface area contributed by atoms with Gasteiger partial charge in [-0.05, 0) is 45.3 Å². The van der Waals surface area contributed by atoms with Crippen LogP contribution in [-0.4, -0.2) is 63.9 Å². The van der Waals surface area contributed by atoms with Crippen LogP contribution in [0.4, 0.5) is 0 Å². The predicted octanol–water partition coefficient (Wildman–Crippen LogP) is 0.296. The molecule has 0 aromatic heterocycles. The maximum Gasteiger partial charge on any atom is 0.0469 e. The Morgan fingerprint density at radius 1 is 1.35 bits per heavy atom. The van der Waals surface area contributed by atoms with Gasteiger partial charge in [0.25, 0.3) is 0 Å². The first kappa shape index (κ1) is 13.3. The summed E-state index contributed by atoms with van der Waals surface area (Å²) in [5, 5.41) is 7.19. The Morgan fingerprint density at radius 2 is 2.18 bits per heavy atom. The second kappa shape index (κ2) is 7.31. The van der Waals surface area contributed by atoms with Crippen molar-refractivity contribution in [1.29, 1.82) is 0 Å². The summed E-state index contributed by atoms with van der Waals surface area (Å²) >= 11 is 0. The van der Waals surface area contributed by atoms with E-state index in [4.69, 9.17) is 4.74 Å². The molecule has 2 aliphatic heterocycles. The molecule has 2 heterocycles. The summed E-state index contributed by atoms with van der Waals surface area (Å²) in [5.74, 6) is 0.839. The van der Waals surface area contributed by atoms with Gasteiger partial charge in [-0.25, -0.2) is 0 Å². The molecular formula is C13H27N3O. The third kappa shape index (κ3) is 4.92. The SMILES string of the molecule is CN1CCNC(CCNCC2CCOCC2)C1. The Hall–Kier alpha value is -0.160. The third-order valence-electron chi connectivity index (χ3n) is 3.90. The van der Waals surface area contributed by atoms with Crippen LogP contribution in [0.5, 0.6) is 0 Å². The van der Waals surface area contributed by atoms with Crippen molar-refractivity contribution in [3.05, 3.63) is 0 Å². The van der Waals surface area contributed by atoms with Gasteiger partial charge in [0.15, 0.2) is 0 Å². The van der Waals surface area contributed by atoms with Crippen LogP contribution in [-0.2, 0) is 4.74 Å². The number of hydrogen-bond acceptors (Lipinski definition) is 4. The first-order valence-corrected chi connectivity index (χ1v) is 7.05. The fourth-order valence-electron chi connectivity index (χ4n) is 2.72. The average Bonchev–Trinajstić information content (AvgIpc) is 2.36. The van der Waals surface area contributed by atoms with E-state index in [2.05, 4.69) is 22.6 Å². The molecule has 0 radical (unpaired) electrons. The highest BCUT2D eigenvalue weighted by Crippen LogP contribution is 2.13. The van der Waals surface area contributed by atoms with E-state index in [1.54, 1.807) is 0 Å². The number of piperazine rings is 1. The van der Waals surface area contributed by atoms with E-state index in [1.165, 1.54) is 38.9 Å². The Balaban J connectivity index is 1.50. The lowest BCUT2D eigenvalue weighted by molar-refractivity contribution is 0.0662. The lowest BCUT2D eigenvalue weighted by Gasteiger charge is -2.31. The Kier molecular flexibility index (Phi) is 5.71. The van der Waals surface area contributed by atoms with Crippen molar-refractivity contribution in [2.24, 2.45) is 5.92 Å². The average molecular weight is 241 g/mol. The minimum absolute atomic E-state index is 0.677. The zero-order valence-electron chi connectivity index (χ0n) is 11.1. The van der Waals surface area contributed by atoms with Gasteiger partial charge in [-0.15, -0.1) is 0 Å². The molecule has 0 aromatic carbocycles. The van der Waals surface area contributed by atoms with E-state index >= 15 is 0 Å². The lowest BCUT2D eigenvalue weighted by atomic mass is 10.0. The summed E-state index contributed by atoms with van der Waals surface area (Å²) < 4.78 is 5.37. The molecular weight excluding hydrogens is 214 g/mol. The number of nitrogens with one attached hydrogen (secondary N) is 2. The van der Waals surface area contributed by atoms with E-state index < -0.39 is 0 Å². The molecule has 2 fully saturated rings. The van der Waals surface area contributed by atoms with E-state index in [0.29, 0.717) is 6.04 Å². The van der Waals surface area contributed by atoms with Gasteiger partial charge in [0, 0.05) is 38.9 Å². The van der Waals surface area contributed by atoms with Crippen LogP contribution in [0.2, 0.25) is 0 Å². The number of nitrogens with zero attached hydrogens (tertiary/aromatic N) is 1. The molecule has 0 bridgehead atoms. The third-order valence-corrected chi connectivity index (χ3v) is 3.90. The molecule has 2 aliphatic rings. The summed E-state index contributed by atoms with van der Waals surface area (Å²) in [4.78, 5) is 2.42. The van der Waals surface area contributed by atoms with Gasteiger partial charge < -0.3 is 20.3 Å². The van der Waals surface area contributed by atoms with E-state index in [9.17, 15) is 0 Å². The molecule has 0 saturated carbocycles. The van der Waals surface area contributed by atoms with Crippen LogP contribution in [0.3, 0.4) is 0 Å². The molecule has 1 unspecified atom stereocenters. The van der Waals surface area contributed by atoms with Crippen LogP contribution >= 0.6 is 0 Å². The molecule has 2 N–H and O–H groups in total. The molecule has 4 nitrogen and oxygen atoms in total. The molecule has 17 heavy (non-hydrogen) atoms. The van der Waals surface area contributed by atoms with E-state index in [1.807, 2.05) is 0 Å².